The summed E-state index contributed by atoms with van der Waals surface area (Å²) in [6.07, 6.45) is 11.3. The van der Waals surface area contributed by atoms with Crippen LogP contribution in [0.2, 0.25) is 0 Å². The Labute approximate surface area is 130 Å². The molecular formula is C18H34N2O. The van der Waals surface area contributed by atoms with Crippen LogP contribution in [0.1, 0.15) is 110 Å². The molecule has 0 aliphatic rings. The van der Waals surface area contributed by atoms with Gasteiger partial charge in [0.05, 0.1) is 0 Å². The molecule has 0 bridgehead atoms. The molecule has 1 aromatic rings. The molecule has 3 heteroatoms. The van der Waals surface area contributed by atoms with Crippen LogP contribution < -0.4 is 0 Å². The smallest absolute Gasteiger partial charge is 0.232 e. The normalized spacial score (nSPS) is 14.6. The Morgan fingerprint density at radius 3 is 2.14 bits per heavy atom. The van der Waals surface area contributed by atoms with Gasteiger partial charge in [-0.1, -0.05) is 84.7 Å². The van der Waals surface area contributed by atoms with Crippen LogP contribution in [-0.4, -0.2) is 10.1 Å². The summed E-state index contributed by atoms with van der Waals surface area (Å²) in [5, 5.41) is 4.16. The number of unbranched alkanes of at least 4 members (excludes halogenated alkanes) is 5. The fraction of sp³-hybridized carbons (Fsp3) is 0.889. The molecule has 0 N–H and O–H groups in total. The van der Waals surface area contributed by atoms with E-state index in [4.69, 9.17) is 4.52 Å². The molecule has 1 aromatic heterocycles. The molecule has 0 spiro atoms. The van der Waals surface area contributed by atoms with Crippen LogP contribution in [0.5, 0.6) is 0 Å². The van der Waals surface area contributed by atoms with E-state index in [1.807, 2.05) is 0 Å². The van der Waals surface area contributed by atoms with E-state index < -0.39 is 0 Å². The first-order valence-electron chi connectivity index (χ1n) is 8.87. The molecule has 1 unspecified atom stereocenters. The zero-order valence-electron chi connectivity index (χ0n) is 14.7. The maximum atomic E-state index is 5.61. The molecule has 1 atom stereocenters. The predicted octanol–water partition coefficient (Wildman–Crippen LogP) is 6.00. The Balaban J connectivity index is 2.67. The zero-order chi connectivity index (χ0) is 15.7. The van der Waals surface area contributed by atoms with Crippen LogP contribution in [0.3, 0.4) is 0 Å². The maximum Gasteiger partial charge on any atom is 0.232 e. The first-order chi connectivity index (χ1) is 10.0. The number of rotatable bonds is 11. The van der Waals surface area contributed by atoms with Gasteiger partial charge in [0, 0.05) is 11.3 Å². The van der Waals surface area contributed by atoms with E-state index in [0.29, 0.717) is 5.92 Å². The van der Waals surface area contributed by atoms with Crippen LogP contribution >= 0.6 is 0 Å². The zero-order valence-corrected chi connectivity index (χ0v) is 14.7. The highest BCUT2D eigenvalue weighted by Crippen LogP contribution is 2.34. The van der Waals surface area contributed by atoms with Crippen molar-refractivity contribution in [2.45, 2.75) is 104 Å². The number of aromatic nitrogens is 2. The third kappa shape index (κ3) is 5.80. The van der Waals surface area contributed by atoms with Crippen LogP contribution in [-0.2, 0) is 5.41 Å². The summed E-state index contributed by atoms with van der Waals surface area (Å²) in [7, 11) is 0. The highest BCUT2D eigenvalue weighted by molar-refractivity contribution is 5.04. The number of nitrogens with zero attached hydrogens (tertiary/aromatic N) is 2. The molecule has 0 aromatic carbocycles. The van der Waals surface area contributed by atoms with E-state index in [2.05, 4.69) is 44.8 Å². The Bertz CT molecular complexity index is 386. The van der Waals surface area contributed by atoms with Gasteiger partial charge >= 0.3 is 0 Å². The lowest BCUT2D eigenvalue weighted by Crippen LogP contribution is -2.22. The molecule has 1 rings (SSSR count). The monoisotopic (exact) mass is 294 g/mol. The summed E-state index contributed by atoms with van der Waals surface area (Å²) in [6, 6.07) is 0. The van der Waals surface area contributed by atoms with Gasteiger partial charge in [-0.3, -0.25) is 0 Å². The van der Waals surface area contributed by atoms with Gasteiger partial charge in [0.15, 0.2) is 5.82 Å². The highest BCUT2D eigenvalue weighted by atomic mass is 16.5. The van der Waals surface area contributed by atoms with Gasteiger partial charge in [-0.25, -0.2) is 0 Å². The third-order valence-corrected chi connectivity index (χ3v) is 4.39. The molecule has 0 radical (unpaired) electrons. The third-order valence-electron chi connectivity index (χ3n) is 4.39. The number of hydrogen-bond donors (Lipinski definition) is 0. The van der Waals surface area contributed by atoms with Gasteiger partial charge in [0.1, 0.15) is 0 Å². The van der Waals surface area contributed by atoms with Gasteiger partial charge in [-0.15, -0.1) is 0 Å². The van der Waals surface area contributed by atoms with E-state index in [1.54, 1.807) is 0 Å². The van der Waals surface area contributed by atoms with Crippen LogP contribution in [0, 0.1) is 0 Å². The van der Waals surface area contributed by atoms with Crippen molar-refractivity contribution in [3.8, 4) is 0 Å². The Morgan fingerprint density at radius 1 is 0.952 bits per heavy atom. The SMILES string of the molecule is CCCCCCCC(C)(CCCC)c1nc(C(C)C)no1. The standard InChI is InChI=1S/C18H34N2O/c1-6-8-10-11-12-14-18(5,13-9-7-2)17-19-16(15(3)4)20-21-17/h15H,6-14H2,1-5H3. The largest absolute Gasteiger partial charge is 0.339 e. The fourth-order valence-corrected chi connectivity index (χ4v) is 2.74. The Hall–Kier alpha value is -0.860. The van der Waals surface area contributed by atoms with E-state index >= 15 is 0 Å². The van der Waals surface area contributed by atoms with Crippen molar-refractivity contribution in [1.82, 2.24) is 10.1 Å². The average Bonchev–Trinajstić information content (AvgIpc) is 2.95. The minimum atomic E-state index is 0.0579. The van der Waals surface area contributed by atoms with Crippen LogP contribution in [0.15, 0.2) is 4.52 Å². The second kappa shape index (κ2) is 9.22. The van der Waals surface area contributed by atoms with Crippen molar-refractivity contribution in [3.63, 3.8) is 0 Å². The lowest BCUT2D eigenvalue weighted by Gasteiger charge is -2.25. The van der Waals surface area contributed by atoms with Gasteiger partial charge in [0.2, 0.25) is 5.89 Å². The molecule has 0 aliphatic carbocycles. The molecule has 21 heavy (non-hydrogen) atoms. The predicted molar refractivity (Wildman–Crippen MR) is 88.6 cm³/mol. The first-order valence-corrected chi connectivity index (χ1v) is 8.87. The summed E-state index contributed by atoms with van der Waals surface area (Å²) in [5.41, 5.74) is 0.0579. The summed E-state index contributed by atoms with van der Waals surface area (Å²) in [4.78, 5) is 4.67. The topological polar surface area (TPSA) is 38.9 Å². The van der Waals surface area contributed by atoms with Gasteiger partial charge in [-0.2, -0.15) is 4.98 Å². The van der Waals surface area contributed by atoms with E-state index in [-0.39, 0.29) is 5.41 Å². The van der Waals surface area contributed by atoms with Crippen molar-refractivity contribution in [1.29, 1.82) is 0 Å². The van der Waals surface area contributed by atoms with Crippen molar-refractivity contribution < 1.29 is 4.52 Å². The second-order valence-corrected chi connectivity index (χ2v) is 6.94. The highest BCUT2D eigenvalue weighted by Gasteiger charge is 2.32. The Kier molecular flexibility index (Phi) is 7.98. The quantitative estimate of drug-likeness (QED) is 0.470. The summed E-state index contributed by atoms with van der Waals surface area (Å²) in [6.45, 7) is 11.0. The van der Waals surface area contributed by atoms with Crippen molar-refractivity contribution >= 4 is 0 Å². The molecule has 1 heterocycles. The van der Waals surface area contributed by atoms with Crippen molar-refractivity contribution in [2.24, 2.45) is 0 Å². The van der Waals surface area contributed by atoms with Crippen molar-refractivity contribution in [3.05, 3.63) is 11.7 Å². The van der Waals surface area contributed by atoms with E-state index in [9.17, 15) is 0 Å². The molecule has 0 saturated heterocycles. The molecule has 0 aliphatic heterocycles. The van der Waals surface area contributed by atoms with Crippen molar-refractivity contribution in [2.75, 3.05) is 0 Å². The second-order valence-electron chi connectivity index (χ2n) is 6.94. The number of hydrogen-bond acceptors (Lipinski definition) is 3. The Morgan fingerprint density at radius 2 is 1.57 bits per heavy atom. The van der Waals surface area contributed by atoms with Gasteiger partial charge < -0.3 is 4.52 Å². The lowest BCUT2D eigenvalue weighted by molar-refractivity contribution is 0.255. The molecule has 122 valence electrons. The van der Waals surface area contributed by atoms with Gasteiger partial charge in [0.25, 0.3) is 0 Å². The molecule has 3 nitrogen and oxygen atoms in total. The summed E-state index contributed by atoms with van der Waals surface area (Å²) < 4.78 is 5.61. The molecule has 0 saturated carbocycles. The average molecular weight is 294 g/mol. The lowest BCUT2D eigenvalue weighted by atomic mass is 9.79. The fourth-order valence-electron chi connectivity index (χ4n) is 2.74. The molecule has 0 fully saturated rings. The first kappa shape index (κ1) is 18.2. The minimum absolute atomic E-state index is 0.0579. The van der Waals surface area contributed by atoms with Crippen LogP contribution in [0.4, 0.5) is 0 Å². The summed E-state index contributed by atoms with van der Waals surface area (Å²) >= 11 is 0. The van der Waals surface area contributed by atoms with E-state index in [0.717, 1.165) is 24.6 Å². The maximum absolute atomic E-state index is 5.61. The van der Waals surface area contributed by atoms with Gasteiger partial charge in [-0.05, 0) is 12.8 Å². The molecular weight excluding hydrogens is 260 g/mol. The summed E-state index contributed by atoms with van der Waals surface area (Å²) in [5.74, 6) is 2.04. The minimum Gasteiger partial charge on any atom is -0.339 e. The molecule has 0 amide bonds. The van der Waals surface area contributed by atoms with Crippen LogP contribution in [0.25, 0.3) is 0 Å². The van der Waals surface area contributed by atoms with E-state index in [1.165, 1.54) is 44.9 Å².